The highest BCUT2D eigenvalue weighted by Crippen LogP contribution is 2.32. The second-order valence-electron chi connectivity index (χ2n) is 5.75. The van der Waals surface area contributed by atoms with Gasteiger partial charge in [-0.05, 0) is 42.6 Å². The molecule has 0 saturated heterocycles. The van der Waals surface area contributed by atoms with Crippen molar-refractivity contribution in [3.8, 4) is 17.2 Å². The maximum Gasteiger partial charge on any atom is 0.226 e. The zero-order chi connectivity index (χ0) is 19.7. The molecule has 2 aromatic carbocycles. The summed E-state index contributed by atoms with van der Waals surface area (Å²) in [4.78, 5) is 15.6. The van der Waals surface area contributed by atoms with E-state index >= 15 is 0 Å². The minimum absolute atomic E-state index is 0.0593. The molecule has 0 bridgehead atoms. The summed E-state index contributed by atoms with van der Waals surface area (Å²) < 4.78 is 28.9. The Morgan fingerprint density at radius 1 is 1.23 bits per heavy atom. The molecule has 0 atom stereocenters. The zero-order valence-electron chi connectivity index (χ0n) is 16.1. The lowest BCUT2D eigenvalue weighted by Gasteiger charge is -2.07. The van der Waals surface area contributed by atoms with Crippen LogP contribution >= 0.6 is 11.3 Å². The van der Waals surface area contributed by atoms with Crippen molar-refractivity contribution in [2.45, 2.75) is 13.3 Å². The molecule has 2 heterocycles. The van der Waals surface area contributed by atoms with Crippen LogP contribution in [0.15, 0.2) is 58.3 Å². The molecule has 4 rings (SSSR count). The topological polar surface area (TPSA) is 52.3 Å². The molecule has 26 heavy (non-hydrogen) atoms. The number of aldehydes is 1. The summed E-state index contributed by atoms with van der Waals surface area (Å²) in [6.07, 6.45) is 0.733. The van der Waals surface area contributed by atoms with Crippen molar-refractivity contribution in [2.75, 3.05) is 6.56 Å². The molecule has 5 heteroatoms. The number of carbonyl (C=O) groups is 1. The van der Waals surface area contributed by atoms with Crippen LogP contribution in [0.2, 0.25) is 0 Å². The first-order valence-corrected chi connectivity index (χ1v) is 9.01. The van der Waals surface area contributed by atoms with Crippen LogP contribution in [-0.2, 0) is 6.42 Å². The summed E-state index contributed by atoms with van der Waals surface area (Å²) in [6, 6.07) is 14.6. The molecule has 0 aliphatic heterocycles. The number of aromatic nitrogens is 1. The maximum atomic E-state index is 11.2. The molecule has 0 N–H and O–H groups in total. The van der Waals surface area contributed by atoms with Crippen LogP contribution in [0.25, 0.3) is 21.5 Å². The van der Waals surface area contributed by atoms with Gasteiger partial charge in [-0.25, -0.2) is 4.98 Å². The second kappa shape index (κ2) is 7.14. The highest BCUT2D eigenvalue weighted by molar-refractivity contribution is 7.17. The van der Waals surface area contributed by atoms with Gasteiger partial charge in [0.15, 0.2) is 6.29 Å². The van der Waals surface area contributed by atoms with E-state index in [0.29, 0.717) is 28.7 Å². The second-order valence-corrected chi connectivity index (χ2v) is 6.66. The van der Waals surface area contributed by atoms with Crippen LogP contribution in [0.3, 0.4) is 0 Å². The number of carbonyl (C=O) groups excluding carboxylic acids is 1. The van der Waals surface area contributed by atoms with Crippen LogP contribution in [0, 0.1) is 6.92 Å². The quantitative estimate of drug-likeness (QED) is 0.435. The van der Waals surface area contributed by atoms with Gasteiger partial charge in [0.25, 0.3) is 0 Å². The van der Waals surface area contributed by atoms with Gasteiger partial charge in [0.05, 0.1) is 15.0 Å². The predicted molar refractivity (Wildman–Crippen MR) is 103 cm³/mol. The predicted octanol–water partition coefficient (Wildman–Crippen LogP) is 5.30. The molecule has 4 nitrogen and oxygen atoms in total. The van der Waals surface area contributed by atoms with Crippen LogP contribution in [0.4, 0.5) is 0 Å². The van der Waals surface area contributed by atoms with Crippen molar-refractivity contribution in [2.24, 2.45) is 0 Å². The lowest BCUT2D eigenvalue weighted by molar-refractivity contribution is 0.112. The number of nitrogens with zero attached hydrogens (tertiary/aromatic N) is 1. The minimum Gasteiger partial charge on any atom is -0.493 e. The SMILES string of the molecule is [2H]C([2H])(Cc1nc(-c2ccccc2)oc1C)Oc1ccc(C=O)c2sccc12. The van der Waals surface area contributed by atoms with Gasteiger partial charge >= 0.3 is 0 Å². The average molecular weight is 365 g/mol. The number of hydrogen-bond donors (Lipinski definition) is 0. The Labute approximate surface area is 157 Å². The number of hydrogen-bond acceptors (Lipinski definition) is 5. The number of benzene rings is 2. The standard InChI is InChI=1S/C21H17NO3S/c1-14-18(22-21(25-14)15-5-3-2-4-6-15)9-11-24-19-8-7-16(13-23)20-17(19)10-12-26-20/h2-8,10,12-13H,9,11H2,1H3/i11D2. The molecule has 0 fully saturated rings. The van der Waals surface area contributed by atoms with Crippen LogP contribution < -0.4 is 4.74 Å². The zero-order valence-corrected chi connectivity index (χ0v) is 14.9. The summed E-state index contributed by atoms with van der Waals surface area (Å²) in [5.41, 5.74) is 1.91. The Morgan fingerprint density at radius 2 is 2.08 bits per heavy atom. The lowest BCUT2D eigenvalue weighted by Crippen LogP contribution is -2.03. The van der Waals surface area contributed by atoms with Crippen molar-refractivity contribution in [1.29, 1.82) is 0 Å². The number of thiophene rings is 1. The molecule has 130 valence electrons. The van der Waals surface area contributed by atoms with Crippen molar-refractivity contribution in [3.63, 3.8) is 0 Å². The molecule has 0 spiro atoms. The first kappa shape index (κ1) is 14.3. The van der Waals surface area contributed by atoms with Crippen molar-refractivity contribution in [1.82, 2.24) is 4.98 Å². The van der Waals surface area contributed by atoms with E-state index in [1.54, 1.807) is 19.1 Å². The smallest absolute Gasteiger partial charge is 0.226 e. The third kappa shape index (κ3) is 3.13. The third-order valence-corrected chi connectivity index (χ3v) is 5.03. The monoisotopic (exact) mass is 365 g/mol. The Bertz CT molecular complexity index is 1140. The summed E-state index contributed by atoms with van der Waals surface area (Å²) in [6.45, 7) is -0.228. The molecule has 0 saturated carbocycles. The molecular formula is C21H17NO3S. The number of oxazole rings is 1. The van der Waals surface area contributed by atoms with Gasteiger partial charge in [-0.3, -0.25) is 4.79 Å². The van der Waals surface area contributed by atoms with E-state index in [4.69, 9.17) is 11.9 Å². The summed E-state index contributed by atoms with van der Waals surface area (Å²) in [5, 5.41) is 2.58. The van der Waals surface area contributed by atoms with Gasteiger partial charge in [0.1, 0.15) is 11.5 Å². The van der Waals surface area contributed by atoms with Gasteiger partial charge in [0.2, 0.25) is 5.89 Å². The van der Waals surface area contributed by atoms with Crippen molar-refractivity contribution in [3.05, 3.63) is 70.9 Å². The van der Waals surface area contributed by atoms with E-state index in [0.717, 1.165) is 21.9 Å². The lowest BCUT2D eigenvalue weighted by atomic mass is 10.1. The molecule has 0 amide bonds. The fourth-order valence-electron chi connectivity index (χ4n) is 2.72. The molecule has 0 aliphatic rings. The Kier molecular flexibility index (Phi) is 3.92. The van der Waals surface area contributed by atoms with E-state index < -0.39 is 6.56 Å². The van der Waals surface area contributed by atoms with Crippen LogP contribution in [0.1, 0.15) is 24.6 Å². The number of aryl methyl sites for hydroxylation is 2. The highest BCUT2D eigenvalue weighted by Gasteiger charge is 2.12. The Hall–Kier alpha value is -2.92. The van der Waals surface area contributed by atoms with Crippen molar-refractivity contribution >= 4 is 27.7 Å². The largest absolute Gasteiger partial charge is 0.493 e. The Morgan fingerprint density at radius 3 is 2.88 bits per heavy atom. The molecule has 4 aromatic rings. The van der Waals surface area contributed by atoms with Crippen LogP contribution in [-0.4, -0.2) is 17.8 Å². The van der Waals surface area contributed by atoms with Crippen molar-refractivity contribution < 1.29 is 16.7 Å². The fraction of sp³-hybridized carbons (Fsp3) is 0.143. The maximum absolute atomic E-state index is 11.2. The molecule has 0 radical (unpaired) electrons. The first-order valence-electron chi connectivity index (χ1n) is 9.13. The number of rotatable bonds is 6. The van der Waals surface area contributed by atoms with Gasteiger partial charge in [0, 0.05) is 27.6 Å². The number of fused-ring (bicyclic) bond motifs is 1. The normalized spacial score (nSPS) is 12.7. The molecule has 2 aromatic heterocycles. The minimum atomic E-state index is -1.99. The highest BCUT2D eigenvalue weighted by atomic mass is 32.1. The first-order chi connectivity index (χ1) is 13.5. The van der Waals surface area contributed by atoms with Gasteiger partial charge in [-0.2, -0.15) is 0 Å². The van der Waals surface area contributed by atoms with E-state index in [-0.39, 0.29) is 6.42 Å². The average Bonchev–Trinajstić information content (AvgIpc) is 3.30. The van der Waals surface area contributed by atoms with Gasteiger partial charge in [-0.15, -0.1) is 11.3 Å². The fourth-order valence-corrected chi connectivity index (χ4v) is 3.61. The van der Waals surface area contributed by atoms with E-state index in [1.807, 2.05) is 41.8 Å². The summed E-state index contributed by atoms with van der Waals surface area (Å²) in [5.74, 6) is 1.42. The van der Waals surface area contributed by atoms with Gasteiger partial charge in [-0.1, -0.05) is 18.2 Å². The van der Waals surface area contributed by atoms with Crippen LogP contribution in [0.5, 0.6) is 5.75 Å². The Balaban J connectivity index is 1.60. The summed E-state index contributed by atoms with van der Waals surface area (Å²) >= 11 is 1.43. The summed E-state index contributed by atoms with van der Waals surface area (Å²) in [7, 11) is 0. The molecule has 0 aliphatic carbocycles. The van der Waals surface area contributed by atoms with E-state index in [2.05, 4.69) is 4.98 Å². The van der Waals surface area contributed by atoms with E-state index in [1.165, 1.54) is 11.3 Å². The van der Waals surface area contributed by atoms with Gasteiger partial charge < -0.3 is 9.15 Å². The molecule has 0 unspecified atom stereocenters. The van der Waals surface area contributed by atoms with E-state index in [9.17, 15) is 4.79 Å². The molecular weight excluding hydrogens is 346 g/mol. The number of ether oxygens (including phenoxy) is 1. The third-order valence-electron chi connectivity index (χ3n) is 4.07.